The molecule has 1 aromatic rings. The van der Waals surface area contributed by atoms with E-state index < -0.39 is 6.43 Å². The molecule has 2 aliphatic carbocycles. The third-order valence-corrected chi connectivity index (χ3v) is 5.19. The number of nitrogens with two attached hydrogens (primary N) is 1. The van der Waals surface area contributed by atoms with Gasteiger partial charge in [-0.05, 0) is 49.7 Å². The molecule has 0 radical (unpaired) electrons. The van der Waals surface area contributed by atoms with Gasteiger partial charge in [-0.25, -0.2) is 8.78 Å². The van der Waals surface area contributed by atoms with Gasteiger partial charge in [0.15, 0.2) is 0 Å². The summed E-state index contributed by atoms with van der Waals surface area (Å²) in [5.41, 5.74) is 6.62. The van der Waals surface area contributed by atoms with E-state index in [1.165, 1.54) is 18.6 Å². The highest BCUT2D eigenvalue weighted by Gasteiger charge is 2.40. The largest absolute Gasteiger partial charge is 0.327 e. The summed E-state index contributed by atoms with van der Waals surface area (Å²) in [6.45, 7) is 0. The zero-order valence-electron chi connectivity index (χ0n) is 12.9. The van der Waals surface area contributed by atoms with Crippen molar-refractivity contribution in [2.45, 2.75) is 44.6 Å². The molecule has 0 saturated heterocycles. The fourth-order valence-corrected chi connectivity index (χ4v) is 4.00. The summed E-state index contributed by atoms with van der Waals surface area (Å²) >= 11 is 0. The molecule has 3 rings (SSSR count). The Hall–Kier alpha value is -1.20. The van der Waals surface area contributed by atoms with Crippen LogP contribution in [0.2, 0.25) is 0 Å². The zero-order valence-corrected chi connectivity index (χ0v) is 13.7. The van der Waals surface area contributed by atoms with E-state index in [2.05, 4.69) is 5.32 Å². The van der Waals surface area contributed by atoms with Crippen molar-refractivity contribution in [3.8, 4) is 0 Å². The Morgan fingerprint density at radius 2 is 1.87 bits per heavy atom. The molecule has 2 aliphatic rings. The second kappa shape index (κ2) is 7.58. The second-order valence-corrected chi connectivity index (χ2v) is 6.61. The Balaban J connectivity index is 0.00000192. The summed E-state index contributed by atoms with van der Waals surface area (Å²) in [6.07, 6.45) is 2.51. The number of alkyl halides is 2. The van der Waals surface area contributed by atoms with E-state index in [-0.39, 0.29) is 35.8 Å². The van der Waals surface area contributed by atoms with Crippen molar-refractivity contribution in [2.24, 2.45) is 23.5 Å². The van der Waals surface area contributed by atoms with E-state index in [9.17, 15) is 13.6 Å². The van der Waals surface area contributed by atoms with E-state index in [1.807, 2.05) is 0 Å². The first-order valence-corrected chi connectivity index (χ1v) is 7.99. The number of hydrogen-bond donors (Lipinski definition) is 2. The van der Waals surface area contributed by atoms with Gasteiger partial charge in [0.2, 0.25) is 5.91 Å². The van der Waals surface area contributed by atoms with E-state index in [1.54, 1.807) is 12.1 Å². The van der Waals surface area contributed by atoms with Crippen molar-refractivity contribution in [1.29, 1.82) is 0 Å². The Morgan fingerprint density at radius 1 is 1.22 bits per heavy atom. The monoisotopic (exact) mass is 344 g/mol. The van der Waals surface area contributed by atoms with Gasteiger partial charge < -0.3 is 11.1 Å². The number of benzene rings is 1. The summed E-state index contributed by atoms with van der Waals surface area (Å²) in [5.74, 6) is 0.742. The van der Waals surface area contributed by atoms with Crippen LogP contribution in [0.1, 0.15) is 44.1 Å². The van der Waals surface area contributed by atoms with E-state index in [4.69, 9.17) is 5.73 Å². The van der Waals surface area contributed by atoms with Crippen LogP contribution in [-0.2, 0) is 4.79 Å². The van der Waals surface area contributed by atoms with Gasteiger partial charge in [0.25, 0.3) is 6.43 Å². The number of carbonyl (C=O) groups is 1. The first kappa shape index (κ1) is 18.1. The van der Waals surface area contributed by atoms with Crippen molar-refractivity contribution >= 4 is 24.0 Å². The van der Waals surface area contributed by atoms with Crippen molar-refractivity contribution in [2.75, 3.05) is 5.32 Å². The molecular weight excluding hydrogens is 322 g/mol. The molecule has 0 aromatic heterocycles. The number of hydrogen-bond acceptors (Lipinski definition) is 2. The maximum atomic E-state index is 12.7. The van der Waals surface area contributed by atoms with Crippen molar-refractivity contribution in [1.82, 2.24) is 0 Å². The van der Waals surface area contributed by atoms with E-state index in [0.29, 0.717) is 17.5 Å². The first-order valence-electron chi connectivity index (χ1n) is 7.99. The predicted molar refractivity (Wildman–Crippen MR) is 88.8 cm³/mol. The predicted octanol–water partition coefficient (Wildman–Crippen LogP) is 4.14. The Labute approximate surface area is 141 Å². The molecule has 3 nitrogen and oxygen atoms in total. The highest BCUT2D eigenvalue weighted by molar-refractivity contribution is 5.92. The number of fused-ring (bicyclic) bond motifs is 2. The molecule has 128 valence electrons. The lowest BCUT2D eigenvalue weighted by molar-refractivity contribution is -0.122. The molecule has 23 heavy (non-hydrogen) atoms. The zero-order chi connectivity index (χ0) is 15.7. The summed E-state index contributed by atoms with van der Waals surface area (Å²) < 4.78 is 25.4. The van der Waals surface area contributed by atoms with Gasteiger partial charge in [-0.15, -0.1) is 12.4 Å². The minimum absolute atomic E-state index is 0. The smallest absolute Gasteiger partial charge is 0.263 e. The van der Waals surface area contributed by atoms with Gasteiger partial charge in [-0.1, -0.05) is 18.6 Å². The maximum Gasteiger partial charge on any atom is 0.263 e. The van der Waals surface area contributed by atoms with Crippen LogP contribution in [-0.4, -0.2) is 11.9 Å². The average Bonchev–Trinajstić information content (AvgIpc) is 2.47. The van der Waals surface area contributed by atoms with Crippen LogP contribution >= 0.6 is 12.4 Å². The molecule has 2 bridgehead atoms. The number of rotatable bonds is 3. The lowest BCUT2D eigenvalue weighted by Gasteiger charge is -2.43. The Bertz CT molecular complexity index is 541. The number of anilines is 1. The van der Waals surface area contributed by atoms with Crippen LogP contribution in [0.3, 0.4) is 0 Å². The van der Waals surface area contributed by atoms with Crippen LogP contribution in [0.5, 0.6) is 0 Å². The number of amides is 1. The van der Waals surface area contributed by atoms with Gasteiger partial charge in [-0.2, -0.15) is 0 Å². The van der Waals surface area contributed by atoms with Gasteiger partial charge in [0.1, 0.15) is 0 Å². The van der Waals surface area contributed by atoms with Crippen LogP contribution in [0.4, 0.5) is 14.5 Å². The SMILES string of the molecule is Cl.NC1C2CCCC1CC(C(=O)Nc1cccc(C(F)F)c1)C2. The fraction of sp³-hybridized carbons (Fsp3) is 0.588. The summed E-state index contributed by atoms with van der Waals surface area (Å²) in [4.78, 5) is 12.4. The summed E-state index contributed by atoms with van der Waals surface area (Å²) in [6, 6.07) is 6.13. The van der Waals surface area contributed by atoms with Crippen molar-refractivity contribution < 1.29 is 13.6 Å². The minimum atomic E-state index is -2.52. The summed E-state index contributed by atoms with van der Waals surface area (Å²) in [7, 11) is 0. The molecule has 2 fully saturated rings. The average molecular weight is 345 g/mol. The molecule has 0 spiro atoms. The molecule has 2 atom stereocenters. The fourth-order valence-electron chi connectivity index (χ4n) is 4.00. The Kier molecular flexibility index (Phi) is 5.98. The molecule has 1 aromatic carbocycles. The quantitative estimate of drug-likeness (QED) is 0.865. The molecule has 1 amide bonds. The number of halogens is 3. The van der Waals surface area contributed by atoms with Gasteiger partial charge in [-0.3, -0.25) is 4.79 Å². The van der Waals surface area contributed by atoms with Gasteiger partial charge in [0.05, 0.1) is 0 Å². The number of nitrogens with one attached hydrogen (secondary N) is 1. The van der Waals surface area contributed by atoms with E-state index >= 15 is 0 Å². The van der Waals surface area contributed by atoms with Crippen LogP contribution in [0.15, 0.2) is 24.3 Å². The van der Waals surface area contributed by atoms with Crippen molar-refractivity contribution in [3.05, 3.63) is 29.8 Å². The summed E-state index contributed by atoms with van der Waals surface area (Å²) in [5, 5.41) is 2.80. The third kappa shape index (κ3) is 4.01. The Morgan fingerprint density at radius 3 is 2.48 bits per heavy atom. The topological polar surface area (TPSA) is 55.1 Å². The highest BCUT2D eigenvalue weighted by Crippen LogP contribution is 2.42. The molecule has 6 heteroatoms. The second-order valence-electron chi connectivity index (χ2n) is 6.61. The van der Waals surface area contributed by atoms with Crippen LogP contribution in [0.25, 0.3) is 0 Å². The standard InChI is InChI=1S/C17H22F2N2O.ClH/c18-16(19)12-5-2-6-14(9-12)21-17(22)13-7-10-3-1-4-11(8-13)15(10)20;/h2,5-6,9-11,13,15-16H,1,3-4,7-8,20H2,(H,21,22);1H. The lowest BCUT2D eigenvalue weighted by Crippen LogP contribution is -2.48. The number of carbonyl (C=O) groups excluding carboxylic acids is 1. The molecule has 2 saturated carbocycles. The molecule has 3 N–H and O–H groups in total. The molecule has 0 heterocycles. The normalized spacial score (nSPS) is 29.7. The minimum Gasteiger partial charge on any atom is -0.327 e. The van der Waals surface area contributed by atoms with Crippen LogP contribution < -0.4 is 11.1 Å². The lowest BCUT2D eigenvalue weighted by atomic mass is 9.65. The molecule has 2 unspecified atom stereocenters. The van der Waals surface area contributed by atoms with Gasteiger partial charge >= 0.3 is 0 Å². The molecule has 0 aliphatic heterocycles. The van der Waals surface area contributed by atoms with Crippen molar-refractivity contribution in [3.63, 3.8) is 0 Å². The van der Waals surface area contributed by atoms with Crippen LogP contribution in [0, 0.1) is 17.8 Å². The third-order valence-electron chi connectivity index (χ3n) is 5.19. The van der Waals surface area contributed by atoms with Gasteiger partial charge in [0, 0.05) is 23.2 Å². The highest BCUT2D eigenvalue weighted by atomic mass is 35.5. The van der Waals surface area contributed by atoms with E-state index in [0.717, 1.165) is 25.7 Å². The molecular formula is C17H23ClF2N2O. The first-order chi connectivity index (χ1) is 10.5. The maximum absolute atomic E-state index is 12.7.